The molecule has 2 rings (SSSR count). The lowest BCUT2D eigenvalue weighted by Crippen LogP contribution is -2.53. The van der Waals surface area contributed by atoms with Crippen LogP contribution in [0.1, 0.15) is 78.8 Å². The fourth-order valence-electron chi connectivity index (χ4n) is 3.76. The van der Waals surface area contributed by atoms with Crippen LogP contribution in [0.4, 0.5) is 4.79 Å². The van der Waals surface area contributed by atoms with E-state index in [1.54, 1.807) is 45.9 Å². The van der Waals surface area contributed by atoms with Crippen molar-refractivity contribution in [3.8, 4) is 5.75 Å². The van der Waals surface area contributed by atoms with Crippen molar-refractivity contribution >= 4 is 17.9 Å². The molecule has 33 heavy (non-hydrogen) atoms. The molecule has 1 aliphatic carbocycles. The lowest BCUT2D eigenvalue weighted by molar-refractivity contribution is -0.143. The second-order valence-electron chi connectivity index (χ2n) is 9.85. The molecule has 4 unspecified atom stereocenters. The Morgan fingerprint density at radius 2 is 1.85 bits per heavy atom. The van der Waals surface area contributed by atoms with E-state index in [9.17, 15) is 19.5 Å². The molecule has 1 saturated carbocycles. The Morgan fingerprint density at radius 3 is 2.39 bits per heavy atom. The predicted octanol–water partition coefficient (Wildman–Crippen LogP) is 3.89. The topological polar surface area (TPSA) is 108 Å². The van der Waals surface area contributed by atoms with E-state index in [0.717, 1.165) is 25.7 Å². The third-order valence-electron chi connectivity index (χ3n) is 5.62. The molecule has 0 heterocycles. The zero-order chi connectivity index (χ0) is 24.8. The molecule has 3 N–H and O–H groups in total. The summed E-state index contributed by atoms with van der Waals surface area (Å²) in [4.78, 5) is 40.7. The van der Waals surface area contributed by atoms with Gasteiger partial charge in [-0.1, -0.05) is 44.9 Å². The average molecular weight is 462 g/mol. The van der Waals surface area contributed by atoms with Crippen molar-refractivity contribution in [1.82, 2.24) is 15.5 Å². The number of carbonyl (C=O) groups excluding carboxylic acids is 3. The number of nitrogens with one attached hydrogen (secondary N) is 2. The average Bonchev–Trinajstić information content (AvgIpc) is 3.43. The van der Waals surface area contributed by atoms with Crippen LogP contribution in [0.2, 0.25) is 0 Å². The smallest absolute Gasteiger partial charge is 0.408 e. The van der Waals surface area contributed by atoms with Crippen LogP contribution < -0.4 is 10.6 Å². The van der Waals surface area contributed by atoms with Gasteiger partial charge in [0.25, 0.3) is 0 Å². The first-order valence-corrected chi connectivity index (χ1v) is 11.8. The van der Waals surface area contributed by atoms with E-state index in [1.807, 2.05) is 6.92 Å². The number of carbonyl (C=O) groups is 3. The molecule has 8 nitrogen and oxygen atoms in total. The summed E-state index contributed by atoms with van der Waals surface area (Å²) in [6.07, 6.45) is 2.89. The highest BCUT2D eigenvalue weighted by Gasteiger charge is 2.48. The highest BCUT2D eigenvalue weighted by molar-refractivity contribution is 5.92. The number of aromatic hydroxyl groups is 1. The first kappa shape index (κ1) is 26.5. The minimum atomic E-state index is -1.00. The fraction of sp³-hybridized carbons (Fsp3) is 0.640. The summed E-state index contributed by atoms with van der Waals surface area (Å²) in [5, 5.41) is 16.1. The Bertz CT molecular complexity index is 836. The second-order valence-corrected chi connectivity index (χ2v) is 9.85. The number of hydrogen-bond donors (Lipinski definition) is 3. The van der Waals surface area contributed by atoms with Crippen LogP contribution in [-0.2, 0) is 14.3 Å². The van der Waals surface area contributed by atoms with Crippen molar-refractivity contribution in [2.24, 2.45) is 5.92 Å². The van der Waals surface area contributed by atoms with Crippen LogP contribution in [0.15, 0.2) is 24.3 Å². The molecule has 0 spiro atoms. The van der Waals surface area contributed by atoms with Gasteiger partial charge in [0, 0.05) is 18.2 Å². The van der Waals surface area contributed by atoms with Crippen molar-refractivity contribution in [3.63, 3.8) is 0 Å². The first-order chi connectivity index (χ1) is 15.5. The molecule has 0 aliphatic heterocycles. The monoisotopic (exact) mass is 461 g/mol. The Morgan fingerprint density at radius 1 is 1.21 bits per heavy atom. The van der Waals surface area contributed by atoms with E-state index in [2.05, 4.69) is 17.6 Å². The van der Waals surface area contributed by atoms with Crippen molar-refractivity contribution in [2.75, 3.05) is 6.54 Å². The lowest BCUT2D eigenvalue weighted by Gasteiger charge is -2.34. The molecule has 8 heteroatoms. The maximum atomic E-state index is 13.6. The number of ether oxygens (including phenoxy) is 1. The number of phenolic OH excluding ortho intramolecular Hbond substituents is 1. The van der Waals surface area contributed by atoms with Crippen LogP contribution in [0.5, 0.6) is 5.75 Å². The molecular formula is C25H39N3O5. The largest absolute Gasteiger partial charge is 0.508 e. The van der Waals surface area contributed by atoms with Gasteiger partial charge < -0.3 is 25.4 Å². The molecule has 1 aromatic carbocycles. The minimum Gasteiger partial charge on any atom is -0.508 e. The minimum absolute atomic E-state index is 0.0509. The summed E-state index contributed by atoms with van der Waals surface area (Å²) in [5.74, 6) is -0.578. The normalized spacial score (nSPS) is 19.2. The van der Waals surface area contributed by atoms with E-state index >= 15 is 0 Å². The van der Waals surface area contributed by atoms with Gasteiger partial charge in [0.05, 0.1) is 0 Å². The maximum Gasteiger partial charge on any atom is 0.408 e. The first-order valence-electron chi connectivity index (χ1n) is 11.8. The van der Waals surface area contributed by atoms with E-state index in [1.165, 1.54) is 11.0 Å². The van der Waals surface area contributed by atoms with Gasteiger partial charge in [-0.05, 0) is 52.5 Å². The molecule has 0 saturated heterocycles. The van der Waals surface area contributed by atoms with Crippen molar-refractivity contribution in [1.29, 1.82) is 0 Å². The van der Waals surface area contributed by atoms with Gasteiger partial charge in [0.15, 0.2) is 0 Å². The van der Waals surface area contributed by atoms with Crippen LogP contribution in [0.3, 0.4) is 0 Å². The van der Waals surface area contributed by atoms with Crippen LogP contribution >= 0.6 is 0 Å². The molecule has 1 fully saturated rings. The molecule has 1 aliphatic rings. The number of benzene rings is 1. The summed E-state index contributed by atoms with van der Waals surface area (Å²) in [7, 11) is 0. The Hall–Kier alpha value is -2.77. The molecule has 0 radical (unpaired) electrons. The van der Waals surface area contributed by atoms with Gasteiger partial charge in [-0.25, -0.2) is 4.79 Å². The van der Waals surface area contributed by atoms with Gasteiger partial charge in [-0.3, -0.25) is 9.59 Å². The van der Waals surface area contributed by atoms with Gasteiger partial charge in [-0.2, -0.15) is 0 Å². The standard InChI is InChI=1S/C25H39N3O5/c1-7-8-11-14-26-22(30)21(18-12-9-10-13-20(18)29)28(19-15-16(19)2)23(31)17(3)27-24(32)33-25(4,5)6/h9-10,12-13,16-17,19,21,29H,7-8,11,14-15H2,1-6H3,(H,26,30)(H,27,32). The molecule has 3 amide bonds. The fourth-order valence-corrected chi connectivity index (χ4v) is 3.76. The van der Waals surface area contributed by atoms with E-state index < -0.39 is 29.7 Å². The quantitative estimate of drug-likeness (QED) is 0.458. The maximum absolute atomic E-state index is 13.6. The number of amides is 3. The Balaban J connectivity index is 2.32. The van der Waals surface area contributed by atoms with Gasteiger partial charge in [0.2, 0.25) is 11.8 Å². The van der Waals surface area contributed by atoms with Gasteiger partial charge >= 0.3 is 6.09 Å². The highest BCUT2D eigenvalue weighted by Crippen LogP contribution is 2.42. The van der Waals surface area contributed by atoms with Crippen molar-refractivity contribution in [3.05, 3.63) is 29.8 Å². The zero-order valence-electron chi connectivity index (χ0n) is 20.7. The summed E-state index contributed by atoms with van der Waals surface area (Å²) in [5.41, 5.74) is -0.337. The zero-order valence-corrected chi connectivity index (χ0v) is 20.7. The molecule has 1 aromatic rings. The number of para-hydroxylation sites is 1. The van der Waals surface area contributed by atoms with Gasteiger partial charge in [0.1, 0.15) is 23.4 Å². The molecule has 184 valence electrons. The predicted molar refractivity (Wildman–Crippen MR) is 127 cm³/mol. The summed E-state index contributed by atoms with van der Waals surface area (Å²) in [6.45, 7) is 11.4. The van der Waals surface area contributed by atoms with E-state index in [-0.39, 0.29) is 23.6 Å². The molecule has 0 bridgehead atoms. The van der Waals surface area contributed by atoms with Crippen LogP contribution in [0, 0.1) is 5.92 Å². The molecule has 0 aromatic heterocycles. The third-order valence-corrected chi connectivity index (χ3v) is 5.62. The number of rotatable bonds is 10. The number of alkyl carbamates (subject to hydrolysis) is 1. The number of hydrogen-bond acceptors (Lipinski definition) is 5. The van der Waals surface area contributed by atoms with Crippen LogP contribution in [-0.4, -0.2) is 52.1 Å². The number of nitrogens with zero attached hydrogens (tertiary/aromatic N) is 1. The number of unbranched alkanes of at least 4 members (excludes halogenated alkanes) is 2. The van der Waals surface area contributed by atoms with Crippen molar-refractivity contribution in [2.45, 2.75) is 91.0 Å². The van der Waals surface area contributed by atoms with Crippen LogP contribution in [0.25, 0.3) is 0 Å². The summed E-state index contributed by atoms with van der Waals surface area (Å²) in [6, 6.07) is 4.50. The SMILES string of the molecule is CCCCCNC(=O)C(c1ccccc1O)N(C(=O)C(C)NC(=O)OC(C)(C)C)C1CC1C. The van der Waals surface area contributed by atoms with Crippen molar-refractivity contribution < 1.29 is 24.2 Å². The Kier molecular flexibility index (Phi) is 9.14. The lowest BCUT2D eigenvalue weighted by atomic mass is 10.0. The summed E-state index contributed by atoms with van der Waals surface area (Å²) < 4.78 is 5.28. The molecule has 4 atom stereocenters. The van der Waals surface area contributed by atoms with E-state index in [4.69, 9.17) is 4.74 Å². The number of phenols is 1. The highest BCUT2D eigenvalue weighted by atomic mass is 16.6. The van der Waals surface area contributed by atoms with Gasteiger partial charge in [-0.15, -0.1) is 0 Å². The summed E-state index contributed by atoms with van der Waals surface area (Å²) >= 11 is 0. The van der Waals surface area contributed by atoms with E-state index in [0.29, 0.717) is 12.1 Å². The third kappa shape index (κ3) is 7.65. The molecular weight excluding hydrogens is 422 g/mol. The Labute approximate surface area is 197 Å². The second kappa shape index (κ2) is 11.4.